The number of para-hydroxylation sites is 1. The van der Waals surface area contributed by atoms with Gasteiger partial charge in [-0.05, 0) is 29.7 Å². The fourth-order valence-electron chi connectivity index (χ4n) is 4.26. The molecule has 0 aliphatic carbocycles. The van der Waals surface area contributed by atoms with E-state index >= 15 is 0 Å². The maximum atomic E-state index is 9.79. The molecule has 4 heteroatoms. The lowest BCUT2D eigenvalue weighted by Gasteiger charge is -2.41. The van der Waals surface area contributed by atoms with E-state index in [1.54, 1.807) is 0 Å². The first-order valence-electron chi connectivity index (χ1n) is 8.92. The molecule has 26 heavy (non-hydrogen) atoms. The van der Waals surface area contributed by atoms with Crippen LogP contribution in [0.3, 0.4) is 0 Å². The first kappa shape index (κ1) is 15.6. The zero-order valence-corrected chi connectivity index (χ0v) is 15.4. The van der Waals surface area contributed by atoms with Crippen LogP contribution in [-0.4, -0.2) is 14.8 Å². The average molecular weight is 357 g/mol. The van der Waals surface area contributed by atoms with Gasteiger partial charge in [0.15, 0.2) is 0 Å². The summed E-state index contributed by atoms with van der Waals surface area (Å²) in [6.07, 6.45) is 3.24. The van der Waals surface area contributed by atoms with Gasteiger partial charge in [-0.2, -0.15) is 5.26 Å². The summed E-state index contributed by atoms with van der Waals surface area (Å²) in [5.41, 5.74) is 4.73. The Balaban J connectivity index is 1.61. The Kier molecular flexibility index (Phi) is 3.58. The van der Waals surface area contributed by atoms with Gasteiger partial charge in [-0.1, -0.05) is 60.3 Å². The smallest absolute Gasteiger partial charge is 0.117 e. The van der Waals surface area contributed by atoms with Crippen LogP contribution >= 0.6 is 11.8 Å². The molecular formula is C22H19N3S. The highest BCUT2D eigenvalue weighted by molar-refractivity contribution is 8.00. The number of benzene rings is 2. The molecule has 2 aliphatic heterocycles. The predicted molar refractivity (Wildman–Crippen MR) is 106 cm³/mol. The molecule has 0 radical (unpaired) electrons. The summed E-state index contributed by atoms with van der Waals surface area (Å²) in [6, 6.07) is 21.5. The van der Waals surface area contributed by atoms with Gasteiger partial charge in [-0.15, -0.1) is 0 Å². The van der Waals surface area contributed by atoms with Crippen LogP contribution in [0.15, 0.2) is 71.4 Å². The monoisotopic (exact) mass is 357 g/mol. The molecule has 128 valence electrons. The van der Waals surface area contributed by atoms with Gasteiger partial charge in [0.1, 0.15) is 11.8 Å². The predicted octanol–water partition coefficient (Wildman–Crippen LogP) is 5.01. The van der Waals surface area contributed by atoms with Gasteiger partial charge in [-0.25, -0.2) is 0 Å². The molecule has 2 bridgehead atoms. The lowest BCUT2D eigenvalue weighted by molar-refractivity contribution is 0.285. The third-order valence-corrected chi connectivity index (χ3v) is 6.93. The standard InChI is InChI=1S/C22H19N3S/c1-24-19-10-6-5-9-18(19)21-16-11-17(13-23)25(20(12-16)26-22(21)24)14-15-7-3-2-4-8-15/h2-11,16,20H,12,14H2,1H3. The Morgan fingerprint density at radius 2 is 1.88 bits per heavy atom. The normalized spacial score (nSPS) is 21.2. The van der Waals surface area contributed by atoms with E-state index in [0.717, 1.165) is 18.7 Å². The van der Waals surface area contributed by atoms with Crippen molar-refractivity contribution >= 4 is 22.7 Å². The van der Waals surface area contributed by atoms with E-state index in [-0.39, 0.29) is 0 Å². The van der Waals surface area contributed by atoms with Crippen LogP contribution in [0.25, 0.3) is 10.9 Å². The minimum absolute atomic E-state index is 0.301. The molecule has 2 atom stereocenters. The van der Waals surface area contributed by atoms with Crippen molar-refractivity contribution in [3.63, 3.8) is 0 Å². The summed E-state index contributed by atoms with van der Waals surface area (Å²) in [4.78, 5) is 2.27. The quantitative estimate of drug-likeness (QED) is 0.646. The maximum Gasteiger partial charge on any atom is 0.117 e. The number of nitriles is 1. The van der Waals surface area contributed by atoms with Crippen molar-refractivity contribution in [2.24, 2.45) is 7.05 Å². The number of hydrogen-bond donors (Lipinski definition) is 0. The van der Waals surface area contributed by atoms with Crippen LogP contribution in [0.1, 0.15) is 23.5 Å². The highest BCUT2D eigenvalue weighted by Gasteiger charge is 2.38. The number of aryl methyl sites for hydroxylation is 1. The van der Waals surface area contributed by atoms with E-state index in [1.807, 2.05) is 17.8 Å². The molecule has 3 nitrogen and oxygen atoms in total. The first-order valence-corrected chi connectivity index (χ1v) is 9.80. The van der Waals surface area contributed by atoms with Gasteiger partial charge in [0.2, 0.25) is 0 Å². The number of allylic oxidation sites excluding steroid dienone is 2. The minimum Gasteiger partial charge on any atom is -0.347 e. The van der Waals surface area contributed by atoms with Crippen LogP contribution in [0, 0.1) is 11.3 Å². The molecule has 5 rings (SSSR count). The Labute approximate surface area is 157 Å². The SMILES string of the molecule is Cn1c2c(c3ccccc31)C1C=C(C#N)N(Cc3ccccc3)C(C1)S2. The zero-order valence-electron chi connectivity index (χ0n) is 14.6. The van der Waals surface area contributed by atoms with Crippen LogP contribution in [0.4, 0.5) is 0 Å². The summed E-state index contributed by atoms with van der Waals surface area (Å²) >= 11 is 1.91. The van der Waals surface area contributed by atoms with Gasteiger partial charge in [0.25, 0.3) is 0 Å². The van der Waals surface area contributed by atoms with Crippen LogP contribution < -0.4 is 0 Å². The van der Waals surface area contributed by atoms with Gasteiger partial charge in [0.05, 0.1) is 10.4 Å². The molecule has 2 aliphatic rings. The van der Waals surface area contributed by atoms with E-state index in [1.165, 1.54) is 27.1 Å². The van der Waals surface area contributed by atoms with Crippen molar-refractivity contribution in [2.75, 3.05) is 0 Å². The Morgan fingerprint density at radius 3 is 2.69 bits per heavy atom. The lowest BCUT2D eigenvalue weighted by Crippen LogP contribution is -2.38. The average Bonchev–Trinajstić information content (AvgIpc) is 2.97. The van der Waals surface area contributed by atoms with E-state index in [4.69, 9.17) is 0 Å². The largest absolute Gasteiger partial charge is 0.347 e. The second-order valence-corrected chi connectivity index (χ2v) is 8.15. The number of rotatable bonds is 2. The molecule has 3 aromatic rings. The van der Waals surface area contributed by atoms with Gasteiger partial charge < -0.3 is 9.47 Å². The number of thioether (sulfide) groups is 1. The lowest BCUT2D eigenvalue weighted by atomic mass is 9.90. The molecule has 0 amide bonds. The summed E-state index contributed by atoms with van der Waals surface area (Å²) in [5.74, 6) is 0.323. The van der Waals surface area contributed by atoms with Gasteiger partial charge in [0, 0.05) is 30.4 Å². The fraction of sp³-hybridized carbons (Fsp3) is 0.227. The number of hydrogen-bond acceptors (Lipinski definition) is 3. The van der Waals surface area contributed by atoms with E-state index in [2.05, 4.69) is 77.2 Å². The maximum absolute atomic E-state index is 9.79. The molecule has 0 saturated heterocycles. The number of fused-ring (bicyclic) bond motifs is 6. The van der Waals surface area contributed by atoms with Crippen molar-refractivity contribution in [1.82, 2.24) is 9.47 Å². The van der Waals surface area contributed by atoms with E-state index < -0.39 is 0 Å². The highest BCUT2D eigenvalue weighted by atomic mass is 32.2. The highest BCUT2D eigenvalue weighted by Crippen LogP contribution is 2.51. The van der Waals surface area contributed by atoms with Crippen molar-refractivity contribution in [1.29, 1.82) is 5.26 Å². The molecule has 0 saturated carbocycles. The number of aromatic nitrogens is 1. The van der Waals surface area contributed by atoms with E-state index in [9.17, 15) is 5.26 Å². The second-order valence-electron chi connectivity index (χ2n) is 6.99. The fourth-order valence-corrected chi connectivity index (χ4v) is 5.79. The molecule has 2 aromatic carbocycles. The third-order valence-electron chi connectivity index (χ3n) is 5.49. The van der Waals surface area contributed by atoms with Gasteiger partial charge >= 0.3 is 0 Å². The Bertz CT molecular complexity index is 1060. The van der Waals surface area contributed by atoms with Crippen LogP contribution in [0.2, 0.25) is 0 Å². The van der Waals surface area contributed by atoms with E-state index in [0.29, 0.717) is 11.3 Å². The summed E-state index contributed by atoms with van der Waals surface area (Å²) < 4.78 is 2.32. The molecule has 0 fully saturated rings. The molecule has 2 unspecified atom stereocenters. The molecule has 0 spiro atoms. The molecule has 1 aromatic heterocycles. The van der Waals surface area contributed by atoms with Crippen molar-refractivity contribution in [2.45, 2.75) is 29.3 Å². The molecule has 0 N–H and O–H groups in total. The van der Waals surface area contributed by atoms with Crippen molar-refractivity contribution in [3.8, 4) is 6.07 Å². The number of nitrogens with zero attached hydrogens (tertiary/aromatic N) is 3. The third kappa shape index (κ3) is 2.28. The van der Waals surface area contributed by atoms with Crippen molar-refractivity contribution in [3.05, 3.63) is 77.5 Å². The first-order chi connectivity index (χ1) is 12.8. The summed E-state index contributed by atoms with van der Waals surface area (Å²) in [6.45, 7) is 0.782. The molecule has 3 heterocycles. The summed E-state index contributed by atoms with van der Waals surface area (Å²) in [7, 11) is 2.16. The Hall–Kier alpha value is -2.64. The zero-order chi connectivity index (χ0) is 17.7. The topological polar surface area (TPSA) is 32.0 Å². The Morgan fingerprint density at radius 1 is 1.12 bits per heavy atom. The van der Waals surface area contributed by atoms with Gasteiger partial charge in [-0.3, -0.25) is 0 Å². The molecular weight excluding hydrogens is 338 g/mol. The van der Waals surface area contributed by atoms with Crippen molar-refractivity contribution < 1.29 is 0 Å². The van der Waals surface area contributed by atoms with Crippen LogP contribution in [-0.2, 0) is 13.6 Å². The van der Waals surface area contributed by atoms with Crippen LogP contribution in [0.5, 0.6) is 0 Å². The summed E-state index contributed by atoms with van der Waals surface area (Å²) in [5, 5.41) is 12.8. The second kappa shape index (κ2) is 5.96. The minimum atomic E-state index is 0.301.